The van der Waals surface area contributed by atoms with Crippen LogP contribution in [0, 0.1) is 46.3 Å². The van der Waals surface area contributed by atoms with Crippen LogP contribution in [-0.4, -0.2) is 111 Å². The summed E-state index contributed by atoms with van der Waals surface area (Å²) in [5.41, 5.74) is 13.5. The highest BCUT2D eigenvalue weighted by molar-refractivity contribution is 7.60. The second-order valence-corrected chi connectivity index (χ2v) is 26.4. The molecule has 2 saturated heterocycles. The lowest BCUT2D eigenvalue weighted by molar-refractivity contribution is -0.765. The van der Waals surface area contributed by atoms with Gasteiger partial charge < -0.3 is 60.4 Å². The summed E-state index contributed by atoms with van der Waals surface area (Å²) < 4.78 is 67.9. The highest BCUT2D eigenvalue weighted by Gasteiger charge is 2.60. The zero-order valence-corrected chi connectivity index (χ0v) is 45.8. The third-order valence-corrected chi connectivity index (χ3v) is 20.2. The average Bonchev–Trinajstić information content (AvgIpc) is 4.11. The van der Waals surface area contributed by atoms with Crippen LogP contribution >= 0.6 is 23.5 Å². The number of primary amides is 1. The van der Waals surface area contributed by atoms with Crippen LogP contribution in [0.1, 0.15) is 128 Å². The number of nitrogens with two attached hydrogens (primary N) is 2. The first-order chi connectivity index (χ1) is 35.6. The zero-order chi connectivity index (χ0) is 55.3. The van der Waals surface area contributed by atoms with Crippen LogP contribution in [0.25, 0.3) is 11.2 Å². The molecule has 5 fully saturated rings. The van der Waals surface area contributed by atoms with Gasteiger partial charge in [-0.15, -0.1) is 0 Å². The molecule has 1 amide bonds. The number of phosphoric acid groups is 3. The minimum atomic E-state index is -5.72. The fraction of sp³-hybridized carbons (Fsp3) is 0.708. The van der Waals surface area contributed by atoms with Gasteiger partial charge in [-0.05, 0) is 103 Å². The van der Waals surface area contributed by atoms with E-state index in [4.69, 9.17) is 20.9 Å². The number of ketones is 1. The lowest BCUT2D eigenvalue weighted by Gasteiger charge is -2.58. The van der Waals surface area contributed by atoms with E-state index in [-0.39, 0.29) is 22.5 Å². The van der Waals surface area contributed by atoms with Gasteiger partial charge >= 0.3 is 15.6 Å². The van der Waals surface area contributed by atoms with Gasteiger partial charge in [0.2, 0.25) is 0 Å². The molecule has 4 aliphatic carbocycles. The van der Waals surface area contributed by atoms with Crippen molar-refractivity contribution >= 4 is 52.1 Å². The van der Waals surface area contributed by atoms with Crippen molar-refractivity contribution < 1.29 is 90.1 Å². The summed E-state index contributed by atoms with van der Waals surface area (Å²) in [6.45, 7) is 10.4. The minimum absolute atomic E-state index is 0.00541. The van der Waals surface area contributed by atoms with Crippen molar-refractivity contribution in [1.29, 1.82) is 0 Å². The number of hydrogen-bond donors (Lipinski definition) is 8. The average molecular weight is 1130 g/mol. The Morgan fingerprint density at radius 3 is 2.37 bits per heavy atom. The van der Waals surface area contributed by atoms with Gasteiger partial charge in [0.25, 0.3) is 20.0 Å². The Balaban J connectivity index is 0.000000231. The summed E-state index contributed by atoms with van der Waals surface area (Å²) in [6, 6.07) is 2.77. The van der Waals surface area contributed by atoms with Crippen LogP contribution in [0.15, 0.2) is 48.8 Å². The number of imidazole rings is 1. The number of carbonyl (C=O) groups excluding carboxylic acids is 2. The predicted molar refractivity (Wildman–Crippen MR) is 266 cm³/mol. The number of fused-ring (bicyclic) bond motifs is 6. The number of nitrogen functional groups attached to an aromatic ring is 1. The fourth-order valence-electron chi connectivity index (χ4n) is 13.4. The predicted octanol–water partition coefficient (Wildman–Crippen LogP) is 4.07. The number of amides is 1. The molecule has 3 aromatic rings. The van der Waals surface area contributed by atoms with Crippen molar-refractivity contribution in [3.63, 3.8) is 0 Å². The normalized spacial score (nSPS) is 35.3. The summed E-state index contributed by atoms with van der Waals surface area (Å²) in [7, 11) is -16.6. The van der Waals surface area contributed by atoms with E-state index in [1.54, 1.807) is 0 Å². The van der Waals surface area contributed by atoms with E-state index in [0.717, 1.165) is 65.6 Å². The topological polar surface area (TPSA) is 385 Å². The van der Waals surface area contributed by atoms with Gasteiger partial charge in [-0.2, -0.15) is 4.57 Å². The van der Waals surface area contributed by atoms with E-state index in [2.05, 4.69) is 73.5 Å². The maximum atomic E-state index is 12.5. The molecule has 0 spiro atoms. The first-order valence-corrected chi connectivity index (χ1v) is 30.3. The van der Waals surface area contributed by atoms with Gasteiger partial charge in [-0.3, -0.25) is 27.8 Å². The molecule has 9 rings (SSSR count). The highest BCUT2D eigenvalue weighted by Crippen LogP contribution is 2.68. The third-order valence-electron chi connectivity index (χ3n) is 17.1. The van der Waals surface area contributed by atoms with Crippen molar-refractivity contribution in [2.24, 2.45) is 52.1 Å². The number of aromatic nitrogens is 5. The number of nitrogens with zero attached hydrogens (tertiary/aromatic N) is 5. The summed E-state index contributed by atoms with van der Waals surface area (Å²) in [5, 5.41) is 31.5. The molecule has 0 aromatic carbocycles. The molecule has 3 saturated carbocycles. The summed E-state index contributed by atoms with van der Waals surface area (Å²) in [5.74, 6) is 4.93. The quantitative estimate of drug-likeness (QED) is 0.0657. The molecule has 0 bridgehead atoms. The number of anilines is 1. The maximum Gasteiger partial charge on any atom is 0.478 e. The van der Waals surface area contributed by atoms with Crippen LogP contribution in [0.3, 0.4) is 0 Å². The number of allylic oxidation sites excluding steroid dienone is 1. The molecule has 2 aliphatic heterocycles. The summed E-state index contributed by atoms with van der Waals surface area (Å²) in [4.78, 5) is 76.4. The number of carbonyl (C=O) groups is 2. The van der Waals surface area contributed by atoms with Gasteiger partial charge in [0.05, 0.1) is 19.5 Å². The molecule has 76 heavy (non-hydrogen) atoms. The molecule has 2 unspecified atom stereocenters. The molecule has 25 nitrogen and oxygen atoms in total. The second-order valence-electron chi connectivity index (χ2n) is 22.2. The van der Waals surface area contributed by atoms with Gasteiger partial charge in [0.15, 0.2) is 42.0 Å². The number of hydrogen-bond acceptors (Lipinski definition) is 19. The molecule has 17 atom stereocenters. The first kappa shape index (κ1) is 58.7. The number of aliphatic hydroxyl groups excluding tert-OH is 3. The van der Waals surface area contributed by atoms with Gasteiger partial charge in [0, 0.05) is 12.5 Å². The van der Waals surface area contributed by atoms with E-state index in [1.165, 1.54) is 92.5 Å². The molecule has 422 valence electrons. The Morgan fingerprint density at radius 1 is 0.934 bits per heavy atom. The number of ether oxygens (including phenoxy) is 2. The van der Waals surface area contributed by atoms with Crippen molar-refractivity contribution in [1.82, 2.24) is 19.5 Å². The molecule has 6 aliphatic rings. The van der Waals surface area contributed by atoms with E-state index in [0.29, 0.717) is 16.6 Å². The number of aliphatic hydroxyl groups is 3. The van der Waals surface area contributed by atoms with Gasteiger partial charge in [-0.25, -0.2) is 28.4 Å². The Morgan fingerprint density at radius 2 is 1.66 bits per heavy atom. The summed E-state index contributed by atoms with van der Waals surface area (Å²) in [6.07, 6.45) is 7.99. The van der Waals surface area contributed by atoms with Crippen LogP contribution in [0.2, 0.25) is 0 Å². The fourth-order valence-corrected chi connectivity index (χ4v) is 16.0. The van der Waals surface area contributed by atoms with Gasteiger partial charge in [0.1, 0.15) is 47.9 Å². The molecule has 5 heterocycles. The van der Waals surface area contributed by atoms with E-state index in [1.807, 2.05) is 0 Å². The molecule has 28 heteroatoms. The lowest BCUT2D eigenvalue weighted by atomic mass is 9.46. The first-order valence-electron chi connectivity index (χ1n) is 25.8. The molecular weight excluding hydrogens is 1060 g/mol. The number of pyridine rings is 1. The standard InChI is InChI=1S/C27H44O.C21H28N7O17P3/c1-18(2)7-6-8-19(3)23-11-12-24-22-10-9-20-17-21(28)13-15-26(20,4)25(22)14-16-27(23,24)5;22-17-12-19(25-7-24-17)28(8-26-12)21-16(44-46(33,34)35)14(30)11(43-21)6-41-48(38,39)45-47(36,37)40-5-10-13(29)15(31)20(42-10)27-3-1-2-9(4-27)18(23)32/h17-19,22-25H,6-16H2,1-5H3;1-4,7-8,10-11,13-16,20-21,29-31H,5-6H2,(H7-,22,23,24,25,32,33,34,35,36,37,38,39)/t19-,22+,23-,24+,25+,26+,27-;10-,11-,13-,14-,15-,16-,20-,21-/m11/s1. The van der Waals surface area contributed by atoms with Crippen molar-refractivity contribution in [2.75, 3.05) is 18.9 Å². The van der Waals surface area contributed by atoms with E-state index in [9.17, 15) is 58.2 Å². The molecule has 10 N–H and O–H groups in total. The van der Waals surface area contributed by atoms with Crippen LogP contribution in [0.4, 0.5) is 5.82 Å². The maximum absolute atomic E-state index is 12.5. The van der Waals surface area contributed by atoms with Crippen molar-refractivity contribution in [3.05, 3.63) is 54.4 Å². The van der Waals surface area contributed by atoms with Crippen LogP contribution < -0.4 is 20.9 Å². The third kappa shape index (κ3) is 12.6. The van der Waals surface area contributed by atoms with E-state index >= 15 is 0 Å². The number of rotatable bonds is 18. The Hall–Kier alpha value is -3.45. The largest absolute Gasteiger partial charge is 0.756 e. The summed E-state index contributed by atoms with van der Waals surface area (Å²) >= 11 is 0. The van der Waals surface area contributed by atoms with Crippen LogP contribution in [-0.2, 0) is 45.8 Å². The Bertz CT molecular complexity index is 2780. The molecule has 3 aromatic heterocycles. The highest BCUT2D eigenvalue weighted by atomic mass is 31.3. The van der Waals surface area contributed by atoms with Gasteiger partial charge in [-0.1, -0.05) is 59.5 Å². The smallest absolute Gasteiger partial charge is 0.478 e. The SMILES string of the molecule is CC(C)CCC[C@@H](C)[C@H]1CC[C@H]2[C@@H]3CCC4=CC(=O)CC[C@]4(C)[C@H]3CC[C@]12C.NC(=O)c1ccc[n+]([C@@H]2O[C@H](COP(=O)([O-])OP(=O)(O)OC[C@H]3O[C@@H](n4cnc5c(N)ncnc54)[C@H](OP(=O)(O)O)[C@@H]3O)[C@@H](O)[C@H]2O)c1. The molecule has 0 radical (unpaired) electrons. The van der Waals surface area contributed by atoms with E-state index < -0.39 is 91.7 Å². The van der Waals surface area contributed by atoms with Crippen LogP contribution in [0.5, 0.6) is 0 Å². The molecular formula is C48H72N7O18P3. The monoisotopic (exact) mass is 1130 g/mol. The Kier molecular flexibility index (Phi) is 17.7. The van der Waals surface area contributed by atoms with Crippen molar-refractivity contribution in [3.8, 4) is 0 Å². The minimum Gasteiger partial charge on any atom is -0.756 e. The van der Waals surface area contributed by atoms with Crippen molar-refractivity contribution in [2.45, 2.75) is 154 Å². The lowest BCUT2D eigenvalue weighted by Crippen LogP contribution is -2.50. The second kappa shape index (κ2) is 23.0. The zero-order valence-electron chi connectivity index (χ0n) is 43.1. The Labute approximate surface area is 440 Å². The number of phosphoric ester groups is 3.